The van der Waals surface area contributed by atoms with E-state index in [4.69, 9.17) is 0 Å². The van der Waals surface area contributed by atoms with E-state index in [2.05, 4.69) is 48.1 Å². The highest BCUT2D eigenvalue weighted by molar-refractivity contribution is 8.00. The predicted molar refractivity (Wildman–Crippen MR) is 59.0 cm³/mol. The first-order valence-corrected chi connectivity index (χ1v) is 5.10. The molecule has 1 heterocycles. The second-order valence-electron chi connectivity index (χ2n) is 2.99. The van der Waals surface area contributed by atoms with E-state index in [1.807, 2.05) is 5.41 Å². The van der Waals surface area contributed by atoms with Gasteiger partial charge < -0.3 is 4.72 Å². The molecule has 0 saturated heterocycles. The van der Waals surface area contributed by atoms with Gasteiger partial charge in [-0.2, -0.15) is 0 Å². The smallest absolute Gasteiger partial charge is 0.0516 e. The van der Waals surface area contributed by atoms with Crippen LogP contribution in [0.1, 0.15) is 11.1 Å². The third-order valence-electron chi connectivity index (χ3n) is 1.94. The van der Waals surface area contributed by atoms with E-state index in [-0.39, 0.29) is 0 Å². The van der Waals surface area contributed by atoms with E-state index in [0.29, 0.717) is 0 Å². The monoisotopic (exact) mass is 189 g/mol. The minimum absolute atomic E-state index is 1.17. The van der Waals surface area contributed by atoms with Gasteiger partial charge in [0.05, 0.1) is 5.70 Å². The highest BCUT2D eigenvalue weighted by Gasteiger charge is 2.01. The van der Waals surface area contributed by atoms with Gasteiger partial charge in [-0.1, -0.05) is 35.9 Å². The Kier molecular flexibility index (Phi) is 2.41. The summed E-state index contributed by atoms with van der Waals surface area (Å²) >= 11 is 1.60. The summed E-state index contributed by atoms with van der Waals surface area (Å²) in [5, 5.41) is 2.03. The number of benzene rings is 1. The Bertz CT molecular complexity index is 349. The number of allylic oxidation sites excluding steroid dienone is 2. The zero-order valence-electron chi connectivity index (χ0n) is 7.45. The van der Waals surface area contributed by atoms with Crippen LogP contribution in [0, 0.1) is 6.92 Å². The number of hydrogen-bond donors (Lipinski definition) is 1. The van der Waals surface area contributed by atoms with Crippen molar-refractivity contribution >= 4 is 17.6 Å². The molecule has 0 amide bonds. The van der Waals surface area contributed by atoms with E-state index in [0.717, 1.165) is 0 Å². The molecule has 0 aliphatic carbocycles. The van der Waals surface area contributed by atoms with Crippen molar-refractivity contribution in [2.75, 3.05) is 0 Å². The highest BCUT2D eigenvalue weighted by Crippen LogP contribution is 2.18. The summed E-state index contributed by atoms with van der Waals surface area (Å²) in [6.45, 7) is 2.10. The lowest BCUT2D eigenvalue weighted by Crippen LogP contribution is -2.02. The molecule has 66 valence electrons. The van der Waals surface area contributed by atoms with Crippen molar-refractivity contribution < 1.29 is 0 Å². The molecule has 1 N–H and O–H groups in total. The molecule has 0 atom stereocenters. The van der Waals surface area contributed by atoms with E-state index < -0.39 is 0 Å². The lowest BCUT2D eigenvalue weighted by molar-refractivity contribution is 1.38. The number of nitrogens with one attached hydrogen (secondary N) is 1. The third-order valence-corrected chi connectivity index (χ3v) is 2.57. The zero-order valence-corrected chi connectivity index (χ0v) is 8.27. The SMILES string of the molecule is Cc1ccc(C2=CC=CSN2)cc1. The lowest BCUT2D eigenvalue weighted by Gasteiger charge is -2.10. The van der Waals surface area contributed by atoms with E-state index >= 15 is 0 Å². The molecule has 1 nitrogen and oxygen atoms in total. The molecule has 1 aromatic rings. The molecule has 2 heteroatoms. The van der Waals surface area contributed by atoms with E-state index in [9.17, 15) is 0 Å². The Morgan fingerprint density at radius 1 is 1.15 bits per heavy atom. The van der Waals surface area contributed by atoms with Crippen molar-refractivity contribution in [1.82, 2.24) is 4.72 Å². The summed E-state index contributed by atoms with van der Waals surface area (Å²) in [6, 6.07) is 8.52. The van der Waals surface area contributed by atoms with Gasteiger partial charge in [-0.25, -0.2) is 0 Å². The molecule has 0 saturated carbocycles. The van der Waals surface area contributed by atoms with Crippen molar-refractivity contribution in [3.63, 3.8) is 0 Å². The Morgan fingerprint density at radius 3 is 2.54 bits per heavy atom. The molecule has 0 aromatic heterocycles. The Balaban J connectivity index is 2.30. The van der Waals surface area contributed by atoms with Crippen LogP contribution in [0.5, 0.6) is 0 Å². The van der Waals surface area contributed by atoms with Gasteiger partial charge in [0.2, 0.25) is 0 Å². The molecule has 1 aliphatic heterocycles. The van der Waals surface area contributed by atoms with Crippen LogP contribution in [-0.4, -0.2) is 0 Å². The maximum Gasteiger partial charge on any atom is 0.0516 e. The van der Waals surface area contributed by atoms with Crippen LogP contribution in [0.4, 0.5) is 0 Å². The first-order valence-electron chi connectivity index (χ1n) is 4.22. The predicted octanol–water partition coefficient (Wildman–Crippen LogP) is 3.10. The number of aryl methyl sites for hydroxylation is 1. The maximum absolute atomic E-state index is 3.25. The van der Waals surface area contributed by atoms with Crippen LogP contribution in [0.3, 0.4) is 0 Å². The van der Waals surface area contributed by atoms with Crippen molar-refractivity contribution in [3.8, 4) is 0 Å². The molecule has 0 fully saturated rings. The topological polar surface area (TPSA) is 12.0 Å². The van der Waals surface area contributed by atoms with Crippen LogP contribution in [0.25, 0.3) is 5.70 Å². The van der Waals surface area contributed by atoms with Crippen LogP contribution in [0.2, 0.25) is 0 Å². The van der Waals surface area contributed by atoms with E-state index in [1.54, 1.807) is 11.9 Å². The van der Waals surface area contributed by atoms with Gasteiger partial charge in [0.15, 0.2) is 0 Å². The van der Waals surface area contributed by atoms with Gasteiger partial charge in [0.25, 0.3) is 0 Å². The average molecular weight is 189 g/mol. The zero-order chi connectivity index (χ0) is 9.10. The van der Waals surface area contributed by atoms with Crippen molar-refractivity contribution in [3.05, 3.63) is 53.0 Å². The van der Waals surface area contributed by atoms with Gasteiger partial charge in [-0.05, 0) is 35.9 Å². The molecule has 13 heavy (non-hydrogen) atoms. The van der Waals surface area contributed by atoms with Crippen LogP contribution < -0.4 is 4.72 Å². The molecule has 2 rings (SSSR count). The van der Waals surface area contributed by atoms with Crippen molar-refractivity contribution in [2.24, 2.45) is 0 Å². The number of hydrogen-bond acceptors (Lipinski definition) is 2. The Labute approximate surface area is 82.7 Å². The third kappa shape index (κ3) is 1.95. The van der Waals surface area contributed by atoms with Gasteiger partial charge in [0, 0.05) is 0 Å². The van der Waals surface area contributed by atoms with Gasteiger partial charge in [-0.15, -0.1) is 0 Å². The molecule has 0 radical (unpaired) electrons. The van der Waals surface area contributed by atoms with Crippen LogP contribution >= 0.6 is 11.9 Å². The standard InChI is InChI=1S/C11H11NS/c1-9-4-6-10(7-5-9)11-3-2-8-13-12-11/h2-8,12H,1H3. The highest BCUT2D eigenvalue weighted by atomic mass is 32.2. The molecule has 0 bridgehead atoms. The first-order chi connectivity index (χ1) is 6.36. The first kappa shape index (κ1) is 8.45. The average Bonchev–Trinajstić information content (AvgIpc) is 2.20. The quantitative estimate of drug-likeness (QED) is 0.681. The fourth-order valence-corrected chi connectivity index (χ4v) is 1.73. The lowest BCUT2D eigenvalue weighted by atomic mass is 10.1. The fourth-order valence-electron chi connectivity index (χ4n) is 1.19. The summed E-state index contributed by atoms with van der Waals surface area (Å²) in [5.74, 6) is 0. The molecular weight excluding hydrogens is 178 g/mol. The van der Waals surface area contributed by atoms with Crippen molar-refractivity contribution in [1.29, 1.82) is 0 Å². The molecule has 1 aliphatic rings. The van der Waals surface area contributed by atoms with Crippen LogP contribution in [-0.2, 0) is 0 Å². The van der Waals surface area contributed by atoms with Crippen LogP contribution in [0.15, 0.2) is 41.8 Å². The summed E-state index contributed by atoms with van der Waals surface area (Å²) in [5.41, 5.74) is 3.71. The minimum Gasteiger partial charge on any atom is -0.326 e. The second-order valence-corrected chi connectivity index (χ2v) is 3.71. The molecular formula is C11H11NS. The largest absolute Gasteiger partial charge is 0.326 e. The van der Waals surface area contributed by atoms with Gasteiger partial charge >= 0.3 is 0 Å². The van der Waals surface area contributed by atoms with Gasteiger partial charge in [0.1, 0.15) is 0 Å². The molecule has 1 aromatic carbocycles. The summed E-state index contributed by atoms with van der Waals surface area (Å²) in [6.07, 6.45) is 4.14. The summed E-state index contributed by atoms with van der Waals surface area (Å²) in [7, 11) is 0. The Hall–Kier alpha value is -1.15. The Morgan fingerprint density at radius 2 is 1.92 bits per heavy atom. The summed E-state index contributed by atoms with van der Waals surface area (Å²) in [4.78, 5) is 0. The fraction of sp³-hybridized carbons (Fsp3) is 0.0909. The second kappa shape index (κ2) is 3.71. The minimum atomic E-state index is 1.17. The summed E-state index contributed by atoms with van der Waals surface area (Å²) < 4.78 is 3.25. The maximum atomic E-state index is 3.25. The number of rotatable bonds is 1. The normalized spacial score (nSPS) is 15.0. The molecule has 0 spiro atoms. The van der Waals surface area contributed by atoms with Crippen molar-refractivity contribution in [2.45, 2.75) is 6.92 Å². The van der Waals surface area contributed by atoms with Gasteiger partial charge in [-0.3, -0.25) is 0 Å². The molecule has 0 unspecified atom stereocenters. The van der Waals surface area contributed by atoms with E-state index in [1.165, 1.54) is 16.8 Å².